The fourth-order valence-corrected chi connectivity index (χ4v) is 4.03. The Labute approximate surface area is 169 Å². The van der Waals surface area contributed by atoms with Gasteiger partial charge in [0, 0.05) is 29.9 Å². The van der Waals surface area contributed by atoms with Crippen LogP contribution < -0.4 is 10.0 Å². The number of carbonyl (C=O) groups is 1. The molecule has 1 amide bonds. The predicted molar refractivity (Wildman–Crippen MR) is 110 cm³/mol. The SMILES string of the molecule is O=C(/C=C/c1ccccc1Cl)Nc1ccc(S(=O)(=O)NC[C@H]2CCCO2)cc1. The van der Waals surface area contributed by atoms with Crippen molar-refractivity contribution in [3.8, 4) is 0 Å². The third-order valence-electron chi connectivity index (χ3n) is 4.28. The number of hydrogen-bond acceptors (Lipinski definition) is 4. The van der Waals surface area contributed by atoms with Crippen molar-refractivity contribution >= 4 is 39.3 Å². The molecule has 8 heteroatoms. The van der Waals surface area contributed by atoms with Gasteiger partial charge in [-0.25, -0.2) is 13.1 Å². The van der Waals surface area contributed by atoms with E-state index in [1.807, 2.05) is 12.1 Å². The molecule has 0 spiro atoms. The molecule has 1 atom stereocenters. The highest BCUT2D eigenvalue weighted by Gasteiger charge is 2.20. The van der Waals surface area contributed by atoms with E-state index >= 15 is 0 Å². The molecule has 2 aromatic rings. The topological polar surface area (TPSA) is 84.5 Å². The number of rotatable bonds is 7. The van der Waals surface area contributed by atoms with Gasteiger partial charge in [-0.2, -0.15) is 0 Å². The molecule has 6 nitrogen and oxygen atoms in total. The zero-order valence-electron chi connectivity index (χ0n) is 15.1. The number of hydrogen-bond donors (Lipinski definition) is 2. The molecule has 1 heterocycles. The third kappa shape index (κ3) is 5.65. The Bertz CT molecular complexity index is 952. The molecule has 0 unspecified atom stereocenters. The quantitative estimate of drug-likeness (QED) is 0.672. The first-order valence-corrected chi connectivity index (χ1v) is 10.7. The van der Waals surface area contributed by atoms with Crippen LogP contribution in [0, 0.1) is 0 Å². The van der Waals surface area contributed by atoms with E-state index in [2.05, 4.69) is 10.0 Å². The van der Waals surface area contributed by atoms with Crippen LogP contribution in [0.4, 0.5) is 5.69 Å². The van der Waals surface area contributed by atoms with E-state index in [1.54, 1.807) is 30.3 Å². The van der Waals surface area contributed by atoms with Gasteiger partial charge in [0.1, 0.15) is 0 Å². The summed E-state index contributed by atoms with van der Waals surface area (Å²) in [5.41, 5.74) is 1.23. The number of carbonyl (C=O) groups excluding carboxylic acids is 1. The van der Waals surface area contributed by atoms with E-state index in [0.29, 0.717) is 17.3 Å². The highest BCUT2D eigenvalue weighted by atomic mass is 35.5. The average molecular weight is 421 g/mol. The van der Waals surface area contributed by atoms with Crippen LogP contribution in [0.25, 0.3) is 6.08 Å². The van der Waals surface area contributed by atoms with Crippen LogP contribution >= 0.6 is 11.6 Å². The van der Waals surface area contributed by atoms with E-state index in [9.17, 15) is 13.2 Å². The van der Waals surface area contributed by atoms with Crippen molar-refractivity contribution in [3.05, 3.63) is 65.2 Å². The van der Waals surface area contributed by atoms with Crippen LogP contribution in [0.15, 0.2) is 59.5 Å². The van der Waals surface area contributed by atoms with Gasteiger partial charge in [0.05, 0.1) is 11.0 Å². The molecule has 1 saturated heterocycles. The van der Waals surface area contributed by atoms with Crippen LogP contribution in [-0.2, 0) is 19.6 Å². The Morgan fingerprint density at radius 3 is 2.61 bits per heavy atom. The van der Waals surface area contributed by atoms with E-state index in [1.165, 1.54) is 18.2 Å². The number of halogens is 1. The Balaban J connectivity index is 1.57. The van der Waals surface area contributed by atoms with Crippen molar-refractivity contribution in [2.45, 2.75) is 23.8 Å². The summed E-state index contributed by atoms with van der Waals surface area (Å²) in [7, 11) is -3.62. The molecule has 2 aromatic carbocycles. The van der Waals surface area contributed by atoms with Gasteiger partial charge in [-0.1, -0.05) is 29.8 Å². The summed E-state index contributed by atoms with van der Waals surface area (Å²) in [5, 5.41) is 3.24. The predicted octanol–water partition coefficient (Wildman–Crippen LogP) is 3.45. The Kier molecular flexibility index (Phi) is 6.85. The number of sulfonamides is 1. The number of nitrogens with one attached hydrogen (secondary N) is 2. The minimum atomic E-state index is -3.62. The first-order chi connectivity index (χ1) is 13.4. The van der Waals surface area contributed by atoms with E-state index in [4.69, 9.17) is 16.3 Å². The first kappa shape index (κ1) is 20.5. The van der Waals surface area contributed by atoms with E-state index < -0.39 is 10.0 Å². The minimum absolute atomic E-state index is 0.0711. The molecule has 3 rings (SSSR count). The molecule has 0 bridgehead atoms. The third-order valence-corrected chi connectivity index (χ3v) is 6.06. The van der Waals surface area contributed by atoms with E-state index in [-0.39, 0.29) is 23.5 Å². The fraction of sp³-hybridized carbons (Fsp3) is 0.250. The maximum Gasteiger partial charge on any atom is 0.248 e. The molecule has 28 heavy (non-hydrogen) atoms. The van der Waals surface area contributed by atoms with Gasteiger partial charge in [-0.05, 0) is 54.8 Å². The molecule has 1 aliphatic rings. The van der Waals surface area contributed by atoms with Gasteiger partial charge in [-0.3, -0.25) is 4.79 Å². The molecule has 2 N–H and O–H groups in total. The standard InChI is InChI=1S/C20H21ClN2O4S/c21-19-6-2-1-4-15(19)7-12-20(24)23-16-8-10-18(11-9-16)28(25,26)22-14-17-5-3-13-27-17/h1-2,4,6-12,17,22H,3,5,13-14H2,(H,23,24)/b12-7+/t17-/m1/s1. The van der Waals surface area contributed by atoms with Crippen LogP contribution in [0.2, 0.25) is 5.02 Å². The molecular formula is C20H21ClN2O4S. The summed E-state index contributed by atoms with van der Waals surface area (Å²) in [5.74, 6) is -0.341. The van der Waals surface area contributed by atoms with Crippen molar-refractivity contribution in [2.75, 3.05) is 18.5 Å². The molecule has 1 fully saturated rings. The smallest absolute Gasteiger partial charge is 0.248 e. The van der Waals surface area contributed by atoms with Crippen molar-refractivity contribution in [2.24, 2.45) is 0 Å². The number of benzene rings is 2. The van der Waals surface area contributed by atoms with Gasteiger partial charge in [-0.15, -0.1) is 0 Å². The Hall–Kier alpha value is -2.19. The van der Waals surface area contributed by atoms with Gasteiger partial charge in [0.25, 0.3) is 0 Å². The number of anilines is 1. The Morgan fingerprint density at radius 1 is 1.18 bits per heavy atom. The van der Waals surface area contributed by atoms with Crippen LogP contribution in [-0.4, -0.2) is 33.6 Å². The summed E-state index contributed by atoms with van der Waals surface area (Å²) in [4.78, 5) is 12.2. The molecule has 0 radical (unpaired) electrons. The molecule has 0 aromatic heterocycles. The lowest BCUT2D eigenvalue weighted by atomic mass is 10.2. The van der Waals surface area contributed by atoms with Crippen molar-refractivity contribution < 1.29 is 17.9 Å². The van der Waals surface area contributed by atoms with Crippen molar-refractivity contribution in [1.82, 2.24) is 4.72 Å². The number of amides is 1. The van der Waals surface area contributed by atoms with E-state index in [0.717, 1.165) is 18.4 Å². The summed E-state index contributed by atoms with van der Waals surface area (Å²) in [6.07, 6.45) is 4.72. The minimum Gasteiger partial charge on any atom is -0.377 e. The lowest BCUT2D eigenvalue weighted by Gasteiger charge is -2.11. The van der Waals surface area contributed by atoms with Crippen molar-refractivity contribution in [3.63, 3.8) is 0 Å². The first-order valence-electron chi connectivity index (χ1n) is 8.89. The van der Waals surface area contributed by atoms with Crippen molar-refractivity contribution in [1.29, 1.82) is 0 Å². The maximum atomic E-state index is 12.3. The lowest BCUT2D eigenvalue weighted by Crippen LogP contribution is -2.31. The molecule has 0 aliphatic carbocycles. The summed E-state index contributed by atoms with van der Waals surface area (Å²) < 4.78 is 32.6. The second kappa shape index (κ2) is 9.34. The Morgan fingerprint density at radius 2 is 1.93 bits per heavy atom. The highest BCUT2D eigenvalue weighted by Crippen LogP contribution is 2.18. The number of ether oxygens (including phenoxy) is 1. The monoisotopic (exact) mass is 420 g/mol. The van der Waals surface area contributed by atoms with Gasteiger partial charge in [0.2, 0.25) is 15.9 Å². The van der Waals surface area contributed by atoms with Crippen LogP contribution in [0.3, 0.4) is 0 Å². The summed E-state index contributed by atoms with van der Waals surface area (Å²) in [6.45, 7) is 0.930. The molecular weight excluding hydrogens is 400 g/mol. The molecule has 1 aliphatic heterocycles. The van der Waals surface area contributed by atoms with Gasteiger partial charge in [0.15, 0.2) is 0 Å². The average Bonchev–Trinajstić information content (AvgIpc) is 3.20. The summed E-state index contributed by atoms with van der Waals surface area (Å²) >= 11 is 6.04. The largest absolute Gasteiger partial charge is 0.377 e. The highest BCUT2D eigenvalue weighted by molar-refractivity contribution is 7.89. The fourth-order valence-electron chi connectivity index (χ4n) is 2.77. The second-order valence-corrected chi connectivity index (χ2v) is 8.53. The van der Waals surface area contributed by atoms with Gasteiger partial charge < -0.3 is 10.1 Å². The maximum absolute atomic E-state index is 12.3. The molecule has 148 valence electrons. The van der Waals surface area contributed by atoms with Crippen LogP contribution in [0.1, 0.15) is 18.4 Å². The normalized spacial score (nSPS) is 17.1. The molecule has 0 saturated carbocycles. The van der Waals surface area contributed by atoms with Crippen LogP contribution in [0.5, 0.6) is 0 Å². The lowest BCUT2D eigenvalue weighted by molar-refractivity contribution is -0.111. The second-order valence-electron chi connectivity index (χ2n) is 6.36. The zero-order chi connectivity index (χ0) is 20.0. The summed E-state index contributed by atoms with van der Waals surface area (Å²) in [6, 6.07) is 13.2. The zero-order valence-corrected chi connectivity index (χ0v) is 16.7. The van der Waals surface area contributed by atoms with Gasteiger partial charge >= 0.3 is 0 Å².